The molecule has 25 heavy (non-hydrogen) atoms. The molecule has 0 amide bonds. The number of carbonyl (C=O) groups is 1. The standard InChI is InChI=1S/C8H15NO2.C7H15N.3C2H6/c1-3-8(4-2)9-11-7-5-6-10;1-7-3-5-8(2)6-4-7;3*1-2/h6H,3-5,7H2,1-2H3;7H,3-6H2,1-2H3;3*1-2H3. The molecule has 0 N–H and O–H groups in total. The lowest BCUT2D eigenvalue weighted by atomic mass is 10.00. The van der Waals surface area contributed by atoms with Crippen molar-refractivity contribution in [3.05, 3.63) is 0 Å². The third-order valence-electron chi connectivity index (χ3n) is 3.34. The Kier molecular flexibility index (Phi) is 39.4. The maximum atomic E-state index is 9.86. The topological polar surface area (TPSA) is 41.9 Å². The normalized spacial score (nSPS) is 13.0. The lowest BCUT2D eigenvalue weighted by Gasteiger charge is -2.26. The number of rotatable bonds is 6. The summed E-state index contributed by atoms with van der Waals surface area (Å²) in [4.78, 5) is 17.1. The Morgan fingerprint density at radius 2 is 1.48 bits per heavy atom. The van der Waals surface area contributed by atoms with Crippen LogP contribution in [0.3, 0.4) is 0 Å². The van der Waals surface area contributed by atoms with Gasteiger partial charge in [-0.05, 0) is 51.7 Å². The predicted molar refractivity (Wildman–Crippen MR) is 115 cm³/mol. The summed E-state index contributed by atoms with van der Waals surface area (Å²) >= 11 is 0. The summed E-state index contributed by atoms with van der Waals surface area (Å²) in [6.07, 6.45) is 5.87. The van der Waals surface area contributed by atoms with Crippen molar-refractivity contribution in [1.29, 1.82) is 0 Å². The van der Waals surface area contributed by atoms with Gasteiger partial charge in [0.1, 0.15) is 12.9 Å². The van der Waals surface area contributed by atoms with Gasteiger partial charge < -0.3 is 14.5 Å². The van der Waals surface area contributed by atoms with Gasteiger partial charge in [-0.3, -0.25) is 0 Å². The minimum Gasteiger partial charge on any atom is -0.395 e. The first-order valence-corrected chi connectivity index (χ1v) is 10.4. The van der Waals surface area contributed by atoms with Gasteiger partial charge >= 0.3 is 0 Å². The van der Waals surface area contributed by atoms with Gasteiger partial charge in [0, 0.05) is 6.42 Å². The molecule has 0 radical (unpaired) electrons. The summed E-state index contributed by atoms with van der Waals surface area (Å²) in [6.45, 7) is 21.4. The Morgan fingerprint density at radius 3 is 1.80 bits per heavy atom. The van der Waals surface area contributed by atoms with E-state index in [1.165, 1.54) is 25.9 Å². The molecule has 1 heterocycles. The van der Waals surface area contributed by atoms with Gasteiger partial charge in [-0.2, -0.15) is 0 Å². The van der Waals surface area contributed by atoms with E-state index in [1.54, 1.807) is 0 Å². The van der Waals surface area contributed by atoms with Crippen molar-refractivity contribution < 1.29 is 9.63 Å². The van der Waals surface area contributed by atoms with Crippen molar-refractivity contribution in [2.45, 2.75) is 94.4 Å². The SMILES string of the molecule is CC.CC.CC.CC1CCN(C)CC1.CCC(CC)=NOCCC=O. The zero-order chi connectivity index (χ0) is 20.5. The number of oxime groups is 1. The fourth-order valence-electron chi connectivity index (χ4n) is 1.75. The molecule has 0 aromatic carbocycles. The van der Waals surface area contributed by atoms with Crippen LogP contribution < -0.4 is 0 Å². The van der Waals surface area contributed by atoms with Gasteiger partial charge in [0.05, 0.1) is 5.71 Å². The van der Waals surface area contributed by atoms with Gasteiger partial charge in [-0.25, -0.2) is 0 Å². The average Bonchev–Trinajstić information content (AvgIpc) is 2.69. The van der Waals surface area contributed by atoms with E-state index in [0.717, 1.165) is 30.8 Å². The smallest absolute Gasteiger partial charge is 0.123 e. The van der Waals surface area contributed by atoms with E-state index in [4.69, 9.17) is 4.84 Å². The fraction of sp³-hybridized carbons (Fsp3) is 0.905. The van der Waals surface area contributed by atoms with Crippen LogP contribution in [0.25, 0.3) is 0 Å². The first-order chi connectivity index (χ1) is 12.1. The molecule has 0 saturated carbocycles. The summed E-state index contributed by atoms with van der Waals surface area (Å²) in [5.41, 5.74) is 1.04. The largest absolute Gasteiger partial charge is 0.395 e. The van der Waals surface area contributed by atoms with Crippen molar-refractivity contribution in [2.24, 2.45) is 11.1 Å². The predicted octanol–water partition coefficient (Wildman–Crippen LogP) is 6.19. The molecule has 0 spiro atoms. The number of carbonyl (C=O) groups excluding carboxylic acids is 1. The zero-order valence-electron chi connectivity index (χ0n) is 19.0. The second kappa shape index (κ2) is 30.9. The molecule has 4 nitrogen and oxygen atoms in total. The molecule has 1 aliphatic heterocycles. The molecule has 0 aromatic heterocycles. The molecular formula is C21H48N2O2. The first kappa shape index (κ1) is 31.8. The summed E-state index contributed by atoms with van der Waals surface area (Å²) in [7, 11) is 2.20. The van der Waals surface area contributed by atoms with Crippen molar-refractivity contribution >= 4 is 12.0 Å². The summed E-state index contributed by atoms with van der Waals surface area (Å²) in [6, 6.07) is 0. The number of nitrogens with zero attached hydrogens (tertiary/aromatic N) is 2. The van der Waals surface area contributed by atoms with Gasteiger partial charge in [0.15, 0.2) is 0 Å². The average molecular weight is 361 g/mol. The molecule has 1 saturated heterocycles. The van der Waals surface area contributed by atoms with Crippen LogP contribution in [-0.2, 0) is 9.63 Å². The van der Waals surface area contributed by atoms with E-state index in [-0.39, 0.29) is 0 Å². The van der Waals surface area contributed by atoms with E-state index in [1.807, 2.05) is 55.4 Å². The Bertz CT molecular complexity index is 232. The van der Waals surface area contributed by atoms with Crippen molar-refractivity contribution in [2.75, 3.05) is 26.7 Å². The Balaban J connectivity index is -0.000000138. The Morgan fingerprint density at radius 1 is 1.04 bits per heavy atom. The van der Waals surface area contributed by atoms with E-state index in [2.05, 4.69) is 24.0 Å². The van der Waals surface area contributed by atoms with Crippen LogP contribution in [0, 0.1) is 5.92 Å². The highest BCUT2D eigenvalue weighted by atomic mass is 16.6. The number of aldehydes is 1. The molecule has 154 valence electrons. The maximum absolute atomic E-state index is 9.86. The van der Waals surface area contributed by atoms with Gasteiger partial charge in [0.2, 0.25) is 0 Å². The van der Waals surface area contributed by atoms with Crippen molar-refractivity contribution in [3.63, 3.8) is 0 Å². The molecule has 1 aliphatic rings. The molecule has 0 atom stereocenters. The number of hydrogen-bond donors (Lipinski definition) is 0. The fourth-order valence-corrected chi connectivity index (χ4v) is 1.75. The van der Waals surface area contributed by atoms with E-state index in [9.17, 15) is 4.79 Å². The second-order valence-corrected chi connectivity index (χ2v) is 5.14. The number of hydrogen-bond acceptors (Lipinski definition) is 4. The van der Waals surface area contributed by atoms with Crippen LogP contribution >= 0.6 is 0 Å². The van der Waals surface area contributed by atoms with Crippen LogP contribution in [-0.4, -0.2) is 43.6 Å². The summed E-state index contributed by atoms with van der Waals surface area (Å²) in [5.74, 6) is 0.978. The van der Waals surface area contributed by atoms with Crippen LogP contribution in [0.15, 0.2) is 5.16 Å². The molecule has 4 heteroatoms. The second-order valence-electron chi connectivity index (χ2n) is 5.14. The third-order valence-corrected chi connectivity index (χ3v) is 3.34. The minimum atomic E-state index is 0.396. The van der Waals surface area contributed by atoms with Crippen LogP contribution in [0.2, 0.25) is 0 Å². The molecule has 0 unspecified atom stereocenters. The molecule has 0 aromatic rings. The number of likely N-dealkylation sites (tertiary alicyclic amines) is 1. The molecule has 0 aliphatic carbocycles. The van der Waals surface area contributed by atoms with Gasteiger partial charge in [0.25, 0.3) is 0 Å². The van der Waals surface area contributed by atoms with Crippen LogP contribution in [0.5, 0.6) is 0 Å². The monoisotopic (exact) mass is 360 g/mol. The molecule has 1 rings (SSSR count). The van der Waals surface area contributed by atoms with Crippen LogP contribution in [0.4, 0.5) is 0 Å². The Labute approximate surface area is 159 Å². The van der Waals surface area contributed by atoms with E-state index >= 15 is 0 Å². The van der Waals surface area contributed by atoms with Gasteiger partial charge in [-0.15, -0.1) is 0 Å². The van der Waals surface area contributed by atoms with E-state index < -0.39 is 0 Å². The zero-order valence-corrected chi connectivity index (χ0v) is 19.0. The quantitative estimate of drug-likeness (QED) is 0.245. The summed E-state index contributed by atoms with van der Waals surface area (Å²) < 4.78 is 0. The Hall–Kier alpha value is -0.900. The van der Waals surface area contributed by atoms with Gasteiger partial charge in [-0.1, -0.05) is 67.5 Å². The lowest BCUT2D eigenvalue weighted by Crippen LogP contribution is -2.28. The van der Waals surface area contributed by atoms with Crippen LogP contribution in [0.1, 0.15) is 94.4 Å². The molecular weight excluding hydrogens is 312 g/mol. The third kappa shape index (κ3) is 28.2. The highest BCUT2D eigenvalue weighted by Gasteiger charge is 2.10. The summed E-state index contributed by atoms with van der Waals surface area (Å²) in [5, 5.41) is 3.86. The van der Waals surface area contributed by atoms with E-state index in [0.29, 0.717) is 13.0 Å². The first-order valence-electron chi connectivity index (χ1n) is 10.4. The van der Waals surface area contributed by atoms with Crippen molar-refractivity contribution in [3.8, 4) is 0 Å². The maximum Gasteiger partial charge on any atom is 0.123 e. The highest BCUT2D eigenvalue weighted by molar-refractivity contribution is 5.83. The minimum absolute atomic E-state index is 0.396. The number of piperidine rings is 1. The molecule has 0 bridgehead atoms. The molecule has 1 fully saturated rings. The highest BCUT2D eigenvalue weighted by Crippen LogP contribution is 2.13. The lowest BCUT2D eigenvalue weighted by molar-refractivity contribution is -0.108. The van der Waals surface area contributed by atoms with Crippen molar-refractivity contribution in [1.82, 2.24) is 4.90 Å².